The molecule has 0 bridgehead atoms. The lowest BCUT2D eigenvalue weighted by Gasteiger charge is -2.13. The molecule has 1 N–H and O–H groups in total. The van der Waals surface area contributed by atoms with Crippen molar-refractivity contribution in [3.63, 3.8) is 0 Å². The van der Waals surface area contributed by atoms with Gasteiger partial charge in [-0.25, -0.2) is 0 Å². The first kappa shape index (κ1) is 14.9. The van der Waals surface area contributed by atoms with E-state index in [1.165, 1.54) is 16.9 Å². The molecule has 1 aliphatic heterocycles. The average molecular weight is 336 g/mol. The Balaban J connectivity index is 1.47. The summed E-state index contributed by atoms with van der Waals surface area (Å²) in [6.45, 7) is 0.501. The summed E-state index contributed by atoms with van der Waals surface area (Å²) >= 11 is 1.44. The van der Waals surface area contributed by atoms with Crippen LogP contribution >= 0.6 is 11.3 Å². The number of rotatable bonds is 4. The van der Waals surface area contributed by atoms with Crippen molar-refractivity contribution in [3.8, 4) is 16.9 Å². The van der Waals surface area contributed by atoms with Crippen molar-refractivity contribution < 1.29 is 9.53 Å². The Bertz CT molecular complexity index is 847. The Morgan fingerprint density at radius 2 is 2.08 bits per heavy atom. The topological polar surface area (TPSA) is 51.2 Å². The van der Waals surface area contributed by atoms with Crippen LogP contribution < -0.4 is 10.1 Å². The minimum atomic E-state index is -0.0427. The fraction of sp³-hybridized carbons (Fsp3) is 0.158. The van der Waals surface area contributed by atoms with Crippen molar-refractivity contribution in [2.24, 2.45) is 0 Å². The normalized spacial score (nSPS) is 15.6. The predicted octanol–water partition coefficient (Wildman–Crippen LogP) is 3.54. The number of carbonyl (C=O) groups excluding carboxylic acids is 1. The second-order valence-electron chi connectivity index (χ2n) is 5.66. The van der Waals surface area contributed by atoms with Crippen molar-refractivity contribution in [1.29, 1.82) is 0 Å². The van der Waals surface area contributed by atoms with Crippen molar-refractivity contribution in [3.05, 3.63) is 70.7 Å². The number of pyridine rings is 1. The van der Waals surface area contributed by atoms with Gasteiger partial charge in [0.15, 0.2) is 0 Å². The molecule has 3 heterocycles. The molecule has 1 aliphatic rings. The summed E-state index contributed by atoms with van der Waals surface area (Å²) in [5.74, 6) is 0.873. The van der Waals surface area contributed by atoms with E-state index in [0.29, 0.717) is 6.54 Å². The van der Waals surface area contributed by atoms with E-state index in [2.05, 4.69) is 22.4 Å². The number of aromatic nitrogens is 1. The third kappa shape index (κ3) is 2.90. The maximum atomic E-state index is 12.1. The third-order valence-corrected chi connectivity index (χ3v) is 4.92. The molecular formula is C19H16N2O2S. The van der Waals surface area contributed by atoms with Crippen molar-refractivity contribution in [1.82, 2.24) is 10.3 Å². The van der Waals surface area contributed by atoms with Crippen LogP contribution in [-0.2, 0) is 6.42 Å². The molecule has 0 unspecified atom stereocenters. The monoisotopic (exact) mass is 336 g/mol. The zero-order valence-electron chi connectivity index (χ0n) is 12.9. The van der Waals surface area contributed by atoms with Gasteiger partial charge in [0.05, 0.1) is 11.4 Å². The molecule has 5 heteroatoms. The van der Waals surface area contributed by atoms with Gasteiger partial charge in [-0.3, -0.25) is 9.78 Å². The standard InChI is InChI=1S/C19H16N2O2S/c22-19(17-5-2-10-24-17)21-12-15-11-14-3-1-4-16(18(14)23-15)13-6-8-20-9-7-13/h1-10,15H,11-12H2,(H,21,22)/t15-/m0/s1. The van der Waals surface area contributed by atoms with Crippen molar-refractivity contribution in [2.75, 3.05) is 6.54 Å². The summed E-state index contributed by atoms with van der Waals surface area (Å²) in [4.78, 5) is 16.9. The molecule has 2 aromatic heterocycles. The Kier molecular flexibility index (Phi) is 4.01. The molecule has 3 aromatic rings. The number of para-hydroxylation sites is 1. The van der Waals surface area contributed by atoms with Crippen LogP contribution in [0.2, 0.25) is 0 Å². The summed E-state index contributed by atoms with van der Waals surface area (Å²) in [7, 11) is 0. The second kappa shape index (κ2) is 6.45. The van der Waals surface area contributed by atoms with Gasteiger partial charge in [-0.15, -0.1) is 11.3 Å². The molecular weight excluding hydrogens is 320 g/mol. The first-order valence-electron chi connectivity index (χ1n) is 7.82. The van der Waals surface area contributed by atoms with Gasteiger partial charge < -0.3 is 10.1 Å². The van der Waals surface area contributed by atoms with Crippen LogP contribution in [0.4, 0.5) is 0 Å². The molecule has 0 radical (unpaired) electrons. The molecule has 24 heavy (non-hydrogen) atoms. The van der Waals surface area contributed by atoms with E-state index < -0.39 is 0 Å². The van der Waals surface area contributed by atoms with Gasteiger partial charge in [0, 0.05) is 24.4 Å². The maximum Gasteiger partial charge on any atom is 0.261 e. The first-order chi connectivity index (χ1) is 11.8. The van der Waals surface area contributed by atoms with E-state index >= 15 is 0 Å². The van der Waals surface area contributed by atoms with Crippen LogP contribution in [0.5, 0.6) is 5.75 Å². The fourth-order valence-corrected chi connectivity index (χ4v) is 3.55. The molecule has 0 spiro atoms. The minimum Gasteiger partial charge on any atom is -0.487 e. The zero-order valence-corrected chi connectivity index (χ0v) is 13.8. The highest BCUT2D eigenvalue weighted by Crippen LogP contribution is 2.38. The van der Waals surface area contributed by atoms with Crippen molar-refractivity contribution in [2.45, 2.75) is 12.5 Å². The number of ether oxygens (including phenoxy) is 1. The van der Waals surface area contributed by atoms with Gasteiger partial charge in [0.2, 0.25) is 0 Å². The fourth-order valence-electron chi connectivity index (χ4n) is 2.91. The zero-order chi connectivity index (χ0) is 16.4. The summed E-state index contributed by atoms with van der Waals surface area (Å²) in [5, 5.41) is 4.86. The second-order valence-corrected chi connectivity index (χ2v) is 6.61. The maximum absolute atomic E-state index is 12.1. The van der Waals surface area contributed by atoms with Crippen LogP contribution in [0.1, 0.15) is 15.2 Å². The number of fused-ring (bicyclic) bond motifs is 1. The van der Waals surface area contributed by atoms with Crippen molar-refractivity contribution >= 4 is 17.2 Å². The van der Waals surface area contributed by atoms with E-state index in [1.807, 2.05) is 35.7 Å². The molecule has 0 saturated carbocycles. The number of hydrogen-bond acceptors (Lipinski definition) is 4. The Morgan fingerprint density at radius 3 is 2.88 bits per heavy atom. The van der Waals surface area contributed by atoms with Crippen LogP contribution in [0, 0.1) is 0 Å². The number of thiophene rings is 1. The molecule has 0 fully saturated rings. The van der Waals surface area contributed by atoms with Gasteiger partial charge in [0.25, 0.3) is 5.91 Å². The Hall–Kier alpha value is -2.66. The van der Waals surface area contributed by atoms with Gasteiger partial charge >= 0.3 is 0 Å². The van der Waals surface area contributed by atoms with Crippen LogP contribution in [0.25, 0.3) is 11.1 Å². The lowest BCUT2D eigenvalue weighted by molar-refractivity contribution is 0.0937. The SMILES string of the molecule is O=C(NC[C@@H]1Cc2cccc(-c3ccncc3)c2O1)c1cccs1. The predicted molar refractivity (Wildman–Crippen MR) is 94.4 cm³/mol. The van der Waals surface area contributed by atoms with E-state index in [1.54, 1.807) is 12.4 Å². The lowest BCUT2D eigenvalue weighted by atomic mass is 10.0. The van der Waals surface area contributed by atoms with Crippen LogP contribution in [-0.4, -0.2) is 23.5 Å². The van der Waals surface area contributed by atoms with E-state index in [-0.39, 0.29) is 12.0 Å². The van der Waals surface area contributed by atoms with Crippen LogP contribution in [0.15, 0.2) is 60.2 Å². The molecule has 4 nitrogen and oxygen atoms in total. The molecule has 0 aliphatic carbocycles. The summed E-state index contributed by atoms with van der Waals surface area (Å²) in [6.07, 6.45) is 4.33. The smallest absolute Gasteiger partial charge is 0.261 e. The average Bonchev–Trinajstić information content (AvgIpc) is 3.29. The quantitative estimate of drug-likeness (QED) is 0.793. The lowest BCUT2D eigenvalue weighted by Crippen LogP contribution is -2.34. The van der Waals surface area contributed by atoms with Gasteiger partial charge in [-0.2, -0.15) is 0 Å². The van der Waals surface area contributed by atoms with E-state index in [0.717, 1.165) is 28.2 Å². The number of nitrogens with zero attached hydrogens (tertiary/aromatic N) is 1. The summed E-state index contributed by atoms with van der Waals surface area (Å²) < 4.78 is 6.13. The van der Waals surface area contributed by atoms with Gasteiger partial charge in [-0.05, 0) is 34.7 Å². The summed E-state index contributed by atoms with van der Waals surface area (Å²) in [6, 6.07) is 13.8. The molecule has 1 atom stereocenters. The highest BCUT2D eigenvalue weighted by Gasteiger charge is 2.26. The van der Waals surface area contributed by atoms with E-state index in [4.69, 9.17) is 4.74 Å². The molecule has 0 saturated heterocycles. The number of nitrogens with one attached hydrogen (secondary N) is 1. The largest absolute Gasteiger partial charge is 0.487 e. The Morgan fingerprint density at radius 1 is 1.21 bits per heavy atom. The number of amides is 1. The number of benzene rings is 1. The van der Waals surface area contributed by atoms with E-state index in [9.17, 15) is 4.79 Å². The first-order valence-corrected chi connectivity index (χ1v) is 8.70. The highest BCUT2D eigenvalue weighted by atomic mass is 32.1. The highest BCUT2D eigenvalue weighted by molar-refractivity contribution is 7.12. The van der Waals surface area contributed by atoms with Gasteiger partial charge in [-0.1, -0.05) is 24.3 Å². The Labute approximate surface area is 144 Å². The van der Waals surface area contributed by atoms with Crippen LogP contribution in [0.3, 0.4) is 0 Å². The minimum absolute atomic E-state index is 0.0353. The molecule has 1 aromatic carbocycles. The third-order valence-electron chi connectivity index (χ3n) is 4.06. The summed E-state index contributed by atoms with van der Waals surface area (Å²) in [5.41, 5.74) is 3.34. The van der Waals surface area contributed by atoms with Gasteiger partial charge in [0.1, 0.15) is 11.9 Å². The molecule has 1 amide bonds. The number of hydrogen-bond donors (Lipinski definition) is 1. The molecule has 4 rings (SSSR count). The molecule has 120 valence electrons. The number of carbonyl (C=O) groups is 1.